The van der Waals surface area contributed by atoms with E-state index in [9.17, 15) is 24.0 Å². The van der Waals surface area contributed by atoms with Gasteiger partial charge < -0.3 is 30.7 Å². The Kier molecular flexibility index (Phi) is 12.7. The molecule has 0 heterocycles. The minimum absolute atomic E-state index is 0.0839. The number of nitrogens with one attached hydrogen (secondary N) is 2. The number of nitrogens with zero attached hydrogens (tertiary/aromatic N) is 1. The molecule has 212 valence electrons. The van der Waals surface area contributed by atoms with E-state index in [0.717, 1.165) is 17.5 Å². The molecule has 2 unspecified atom stereocenters. The Hall–Kier alpha value is -3.63. The molecule has 1 rings (SSSR count). The van der Waals surface area contributed by atoms with Gasteiger partial charge in [-0.3, -0.25) is 19.2 Å². The molecule has 0 aliphatic rings. The lowest BCUT2D eigenvalue weighted by atomic mass is 9.95. The quantitative estimate of drug-likeness (QED) is 0.328. The van der Waals surface area contributed by atoms with E-state index < -0.39 is 47.5 Å². The van der Waals surface area contributed by atoms with Crippen molar-refractivity contribution in [3.05, 3.63) is 34.9 Å². The molecular weight excluding hydrogens is 492 g/mol. The summed E-state index contributed by atoms with van der Waals surface area (Å²) in [5, 5.41) is 5.10. The average molecular weight is 535 g/mol. The maximum Gasteiger partial charge on any atom is 0.408 e. The molecule has 0 radical (unpaired) electrons. The number of nitrogens with two attached hydrogens (primary N) is 1. The van der Waals surface area contributed by atoms with Gasteiger partial charge in [0.25, 0.3) is 0 Å². The van der Waals surface area contributed by atoms with Crippen LogP contribution in [0.4, 0.5) is 4.79 Å². The monoisotopic (exact) mass is 534 g/mol. The first-order chi connectivity index (χ1) is 17.7. The van der Waals surface area contributed by atoms with E-state index in [1.165, 1.54) is 12.0 Å². The second kappa shape index (κ2) is 14.9. The molecule has 0 aromatic heterocycles. The smallest absolute Gasteiger partial charge is 0.408 e. The Balaban J connectivity index is 3.54. The van der Waals surface area contributed by atoms with Crippen LogP contribution in [0.5, 0.6) is 0 Å². The van der Waals surface area contributed by atoms with Crippen LogP contribution in [0.3, 0.4) is 0 Å². The molecule has 1 aromatic rings. The summed E-state index contributed by atoms with van der Waals surface area (Å²) in [7, 11) is 1.21. The van der Waals surface area contributed by atoms with Gasteiger partial charge in [-0.05, 0) is 58.6 Å². The molecule has 11 nitrogen and oxygen atoms in total. The van der Waals surface area contributed by atoms with E-state index in [1.54, 1.807) is 26.8 Å². The molecular formula is C27H42N4O7. The summed E-state index contributed by atoms with van der Waals surface area (Å²) in [5.41, 5.74) is 6.81. The van der Waals surface area contributed by atoms with Gasteiger partial charge in [0.2, 0.25) is 17.7 Å². The van der Waals surface area contributed by atoms with Gasteiger partial charge in [0.1, 0.15) is 24.2 Å². The molecule has 2 atom stereocenters. The predicted molar refractivity (Wildman–Crippen MR) is 142 cm³/mol. The Labute approximate surface area is 224 Å². The summed E-state index contributed by atoms with van der Waals surface area (Å²) in [4.78, 5) is 64.7. The number of benzene rings is 1. The van der Waals surface area contributed by atoms with E-state index in [1.807, 2.05) is 32.9 Å². The first kappa shape index (κ1) is 32.4. The maximum atomic E-state index is 14.0. The standard InChI is InChI=1S/C27H42N4O7/c1-8-9-14-31(25(35)20(12-13-21(28)32)30-26(36)38-27(4,5)6)23(24(34)29-16-22(33)37-7)19-11-10-17(2)15-18(19)3/h10-11,15,20,23H,8-9,12-14,16H2,1-7H3,(H2,28,32)(H,29,34)(H,30,36). The number of aryl methyl sites for hydroxylation is 2. The highest BCUT2D eigenvalue weighted by Gasteiger charge is 2.37. The van der Waals surface area contributed by atoms with E-state index >= 15 is 0 Å². The highest BCUT2D eigenvalue weighted by molar-refractivity contribution is 5.93. The lowest BCUT2D eigenvalue weighted by molar-refractivity contribution is -0.145. The molecule has 38 heavy (non-hydrogen) atoms. The molecule has 0 bridgehead atoms. The topological polar surface area (TPSA) is 157 Å². The maximum absolute atomic E-state index is 14.0. The third-order valence-electron chi connectivity index (χ3n) is 5.62. The molecule has 0 saturated carbocycles. The number of rotatable bonds is 13. The Bertz CT molecular complexity index is 1000. The molecule has 4 amide bonds. The largest absolute Gasteiger partial charge is 0.468 e. The molecule has 0 spiro atoms. The number of amides is 4. The number of carbonyl (C=O) groups excluding carboxylic acids is 5. The van der Waals surface area contributed by atoms with Crippen molar-refractivity contribution in [2.45, 2.75) is 84.9 Å². The van der Waals surface area contributed by atoms with Crippen LogP contribution in [0.1, 0.15) is 76.1 Å². The van der Waals surface area contributed by atoms with Gasteiger partial charge in [-0.1, -0.05) is 37.1 Å². The number of primary amides is 1. The van der Waals surface area contributed by atoms with Crippen molar-refractivity contribution in [2.75, 3.05) is 20.2 Å². The summed E-state index contributed by atoms with van der Waals surface area (Å²) in [5.74, 6) is -2.45. The van der Waals surface area contributed by atoms with Crippen molar-refractivity contribution in [3.63, 3.8) is 0 Å². The average Bonchev–Trinajstić information content (AvgIpc) is 2.81. The number of methoxy groups -OCH3 is 1. The van der Waals surface area contributed by atoms with Crippen LogP contribution in [-0.4, -0.2) is 66.5 Å². The fourth-order valence-corrected chi connectivity index (χ4v) is 3.80. The minimum Gasteiger partial charge on any atom is -0.468 e. The highest BCUT2D eigenvalue weighted by atomic mass is 16.6. The summed E-state index contributed by atoms with van der Waals surface area (Å²) >= 11 is 0. The second-order valence-corrected chi connectivity index (χ2v) is 10.1. The van der Waals surface area contributed by atoms with Crippen molar-refractivity contribution in [1.29, 1.82) is 0 Å². The van der Waals surface area contributed by atoms with Crippen LogP contribution in [0, 0.1) is 13.8 Å². The minimum atomic E-state index is -1.18. The molecule has 0 aliphatic heterocycles. The fraction of sp³-hybridized carbons (Fsp3) is 0.593. The predicted octanol–water partition coefficient (Wildman–Crippen LogP) is 2.42. The highest BCUT2D eigenvalue weighted by Crippen LogP contribution is 2.27. The van der Waals surface area contributed by atoms with Crippen molar-refractivity contribution in [2.24, 2.45) is 5.73 Å². The lowest BCUT2D eigenvalue weighted by Gasteiger charge is -2.35. The van der Waals surface area contributed by atoms with Crippen molar-refractivity contribution in [1.82, 2.24) is 15.5 Å². The third-order valence-corrected chi connectivity index (χ3v) is 5.62. The van der Waals surface area contributed by atoms with Crippen molar-refractivity contribution < 1.29 is 33.4 Å². The number of hydrogen-bond acceptors (Lipinski definition) is 7. The number of hydrogen-bond donors (Lipinski definition) is 3. The number of carbonyl (C=O) groups is 5. The molecule has 4 N–H and O–H groups in total. The van der Waals surface area contributed by atoms with Gasteiger partial charge in [-0.25, -0.2) is 4.79 Å². The van der Waals surface area contributed by atoms with E-state index in [0.29, 0.717) is 12.0 Å². The van der Waals surface area contributed by atoms with Crippen molar-refractivity contribution in [3.8, 4) is 0 Å². The van der Waals surface area contributed by atoms with Gasteiger partial charge in [-0.15, -0.1) is 0 Å². The van der Waals surface area contributed by atoms with Crippen LogP contribution in [0.25, 0.3) is 0 Å². The number of unbranched alkanes of at least 4 members (excludes halogenated alkanes) is 1. The van der Waals surface area contributed by atoms with Crippen LogP contribution in [-0.2, 0) is 28.7 Å². The molecule has 11 heteroatoms. The zero-order chi connectivity index (χ0) is 29.0. The van der Waals surface area contributed by atoms with E-state index in [-0.39, 0.29) is 25.9 Å². The number of alkyl carbamates (subject to hydrolysis) is 1. The summed E-state index contributed by atoms with van der Waals surface area (Å²) < 4.78 is 9.96. The van der Waals surface area contributed by atoms with Gasteiger partial charge in [0, 0.05) is 13.0 Å². The van der Waals surface area contributed by atoms with Gasteiger partial charge in [-0.2, -0.15) is 0 Å². The molecule has 1 aromatic carbocycles. The molecule has 0 fully saturated rings. The van der Waals surface area contributed by atoms with Crippen LogP contribution >= 0.6 is 0 Å². The fourth-order valence-electron chi connectivity index (χ4n) is 3.80. The van der Waals surface area contributed by atoms with Crippen LogP contribution in [0.15, 0.2) is 18.2 Å². The van der Waals surface area contributed by atoms with E-state index in [2.05, 4.69) is 15.4 Å². The Morgan fingerprint density at radius 1 is 1.11 bits per heavy atom. The first-order valence-corrected chi connectivity index (χ1v) is 12.7. The van der Waals surface area contributed by atoms with Gasteiger partial charge >= 0.3 is 12.1 Å². The summed E-state index contributed by atoms with van der Waals surface area (Å²) in [6, 6.07) is 3.18. The molecule has 0 aliphatic carbocycles. The Morgan fingerprint density at radius 3 is 2.29 bits per heavy atom. The van der Waals surface area contributed by atoms with Gasteiger partial charge in [0.05, 0.1) is 7.11 Å². The normalized spacial score (nSPS) is 12.6. The van der Waals surface area contributed by atoms with Crippen molar-refractivity contribution >= 4 is 29.8 Å². The van der Waals surface area contributed by atoms with Gasteiger partial charge in [0.15, 0.2) is 0 Å². The summed E-state index contributed by atoms with van der Waals surface area (Å²) in [6.45, 7) is 10.5. The Morgan fingerprint density at radius 2 is 1.76 bits per heavy atom. The lowest BCUT2D eigenvalue weighted by Crippen LogP contribution is -2.53. The third kappa shape index (κ3) is 10.8. The number of esters is 1. The second-order valence-electron chi connectivity index (χ2n) is 10.1. The SMILES string of the molecule is CCCCN(C(=O)C(CCC(N)=O)NC(=O)OC(C)(C)C)C(C(=O)NCC(=O)OC)c1ccc(C)cc1C. The first-order valence-electron chi connectivity index (χ1n) is 12.7. The zero-order valence-corrected chi connectivity index (χ0v) is 23.5. The molecule has 0 saturated heterocycles. The van der Waals surface area contributed by atoms with E-state index in [4.69, 9.17) is 10.5 Å². The number of ether oxygens (including phenoxy) is 2. The zero-order valence-electron chi connectivity index (χ0n) is 23.5. The van der Waals surface area contributed by atoms with Crippen LogP contribution < -0.4 is 16.4 Å². The summed E-state index contributed by atoms with van der Waals surface area (Å²) in [6.07, 6.45) is 0.190. The van der Waals surface area contributed by atoms with Crippen LogP contribution in [0.2, 0.25) is 0 Å².